The van der Waals surface area contributed by atoms with E-state index in [0.717, 1.165) is 11.4 Å². The Bertz CT molecular complexity index is 846. The lowest BCUT2D eigenvalue weighted by molar-refractivity contribution is 0.102. The molecule has 0 saturated heterocycles. The van der Waals surface area contributed by atoms with E-state index in [-0.39, 0.29) is 11.9 Å². The fourth-order valence-corrected chi connectivity index (χ4v) is 2.19. The zero-order chi connectivity index (χ0) is 16.9. The Kier molecular flexibility index (Phi) is 4.47. The van der Waals surface area contributed by atoms with Crippen molar-refractivity contribution in [2.75, 3.05) is 5.32 Å². The lowest BCUT2D eigenvalue weighted by Crippen LogP contribution is -2.11. The average Bonchev–Trinajstić information content (AvgIpc) is 2.55. The highest BCUT2D eigenvalue weighted by molar-refractivity contribution is 6.04. The highest BCUT2D eigenvalue weighted by atomic mass is 16.5. The molecule has 0 spiro atoms. The van der Waals surface area contributed by atoms with Gasteiger partial charge >= 0.3 is 6.01 Å². The van der Waals surface area contributed by atoms with E-state index < -0.39 is 0 Å². The van der Waals surface area contributed by atoms with Gasteiger partial charge in [0.25, 0.3) is 5.91 Å². The highest BCUT2D eigenvalue weighted by Crippen LogP contribution is 2.20. The third-order valence-electron chi connectivity index (χ3n) is 3.19. The SMILES string of the molecule is Cc1cc(C)nc(Oc2cccc(C(=O)Nc3cccnc3)c2)n1. The highest BCUT2D eigenvalue weighted by Gasteiger charge is 2.09. The van der Waals surface area contributed by atoms with Gasteiger partial charge in [0.1, 0.15) is 5.75 Å². The summed E-state index contributed by atoms with van der Waals surface area (Å²) in [6, 6.07) is 12.5. The summed E-state index contributed by atoms with van der Waals surface area (Å²) in [4.78, 5) is 24.7. The molecule has 24 heavy (non-hydrogen) atoms. The first-order valence-electron chi connectivity index (χ1n) is 7.42. The number of pyridine rings is 1. The van der Waals surface area contributed by atoms with Crippen LogP contribution in [-0.2, 0) is 0 Å². The quantitative estimate of drug-likeness (QED) is 0.795. The van der Waals surface area contributed by atoms with Gasteiger partial charge in [0.05, 0.1) is 11.9 Å². The number of aryl methyl sites for hydroxylation is 2. The molecule has 0 radical (unpaired) electrons. The van der Waals surface area contributed by atoms with E-state index in [4.69, 9.17) is 4.74 Å². The summed E-state index contributed by atoms with van der Waals surface area (Å²) in [7, 11) is 0. The molecular formula is C18H16N4O2. The Morgan fingerprint density at radius 3 is 2.54 bits per heavy atom. The zero-order valence-corrected chi connectivity index (χ0v) is 13.4. The average molecular weight is 320 g/mol. The number of rotatable bonds is 4. The van der Waals surface area contributed by atoms with Crippen molar-refractivity contribution in [2.24, 2.45) is 0 Å². The first-order valence-corrected chi connectivity index (χ1v) is 7.42. The number of aromatic nitrogens is 3. The molecule has 3 rings (SSSR count). The van der Waals surface area contributed by atoms with Crippen molar-refractivity contribution in [3.8, 4) is 11.8 Å². The number of hydrogen-bond donors (Lipinski definition) is 1. The van der Waals surface area contributed by atoms with Gasteiger partial charge in [-0.3, -0.25) is 9.78 Å². The maximum Gasteiger partial charge on any atom is 0.322 e. The van der Waals surface area contributed by atoms with Crippen molar-refractivity contribution in [1.82, 2.24) is 15.0 Å². The maximum atomic E-state index is 12.3. The van der Waals surface area contributed by atoms with Crippen molar-refractivity contribution in [2.45, 2.75) is 13.8 Å². The lowest BCUT2D eigenvalue weighted by atomic mass is 10.2. The number of amides is 1. The summed E-state index contributed by atoms with van der Waals surface area (Å²) in [5, 5.41) is 2.78. The van der Waals surface area contributed by atoms with E-state index in [1.807, 2.05) is 19.9 Å². The Hall–Kier alpha value is -3.28. The predicted molar refractivity (Wildman–Crippen MR) is 90.2 cm³/mol. The fraction of sp³-hybridized carbons (Fsp3) is 0.111. The van der Waals surface area contributed by atoms with Gasteiger partial charge in [-0.25, -0.2) is 9.97 Å². The Balaban J connectivity index is 1.77. The van der Waals surface area contributed by atoms with Crippen LogP contribution in [-0.4, -0.2) is 20.9 Å². The molecule has 6 nitrogen and oxygen atoms in total. The second kappa shape index (κ2) is 6.87. The second-order valence-electron chi connectivity index (χ2n) is 5.26. The predicted octanol–water partition coefficient (Wildman–Crippen LogP) is 3.53. The van der Waals surface area contributed by atoms with Crippen LogP contribution in [0.4, 0.5) is 5.69 Å². The molecule has 0 fully saturated rings. The fourth-order valence-electron chi connectivity index (χ4n) is 2.19. The Morgan fingerprint density at radius 1 is 1.04 bits per heavy atom. The topological polar surface area (TPSA) is 77.0 Å². The van der Waals surface area contributed by atoms with Crippen molar-refractivity contribution in [3.05, 3.63) is 71.8 Å². The standard InChI is InChI=1S/C18H16N4O2/c1-12-9-13(2)21-18(20-12)24-16-7-3-5-14(10-16)17(23)22-15-6-4-8-19-11-15/h3-11H,1-2H3,(H,22,23). The number of carbonyl (C=O) groups is 1. The third kappa shape index (κ3) is 3.92. The number of hydrogen-bond acceptors (Lipinski definition) is 5. The minimum Gasteiger partial charge on any atom is -0.424 e. The normalized spacial score (nSPS) is 10.2. The molecule has 1 N–H and O–H groups in total. The van der Waals surface area contributed by atoms with E-state index in [1.54, 1.807) is 48.8 Å². The summed E-state index contributed by atoms with van der Waals surface area (Å²) in [6.07, 6.45) is 3.23. The molecule has 120 valence electrons. The number of carbonyl (C=O) groups excluding carboxylic acids is 1. The molecule has 2 heterocycles. The van der Waals surface area contributed by atoms with Crippen LogP contribution in [0.5, 0.6) is 11.8 Å². The van der Waals surface area contributed by atoms with Gasteiger partial charge in [-0.1, -0.05) is 6.07 Å². The first kappa shape index (κ1) is 15.6. The van der Waals surface area contributed by atoms with E-state index in [2.05, 4.69) is 20.3 Å². The largest absolute Gasteiger partial charge is 0.424 e. The molecule has 0 aliphatic heterocycles. The van der Waals surface area contributed by atoms with Gasteiger partial charge in [-0.15, -0.1) is 0 Å². The lowest BCUT2D eigenvalue weighted by Gasteiger charge is -2.08. The number of nitrogens with zero attached hydrogens (tertiary/aromatic N) is 3. The van der Waals surface area contributed by atoms with Crippen molar-refractivity contribution in [3.63, 3.8) is 0 Å². The van der Waals surface area contributed by atoms with Crippen LogP contribution >= 0.6 is 0 Å². The Morgan fingerprint density at radius 2 is 1.83 bits per heavy atom. The van der Waals surface area contributed by atoms with Crippen LogP contribution in [0, 0.1) is 13.8 Å². The molecule has 6 heteroatoms. The van der Waals surface area contributed by atoms with Crippen LogP contribution in [0.1, 0.15) is 21.7 Å². The minimum atomic E-state index is -0.241. The molecule has 3 aromatic rings. The van der Waals surface area contributed by atoms with E-state index in [0.29, 0.717) is 17.0 Å². The molecule has 2 aromatic heterocycles. The van der Waals surface area contributed by atoms with Crippen LogP contribution in [0.25, 0.3) is 0 Å². The van der Waals surface area contributed by atoms with Gasteiger partial charge in [0.2, 0.25) is 0 Å². The molecule has 0 atom stereocenters. The first-order chi connectivity index (χ1) is 11.6. The number of ether oxygens (including phenoxy) is 1. The van der Waals surface area contributed by atoms with Gasteiger partial charge in [-0.2, -0.15) is 0 Å². The number of nitrogens with one attached hydrogen (secondary N) is 1. The van der Waals surface area contributed by atoms with Crippen LogP contribution < -0.4 is 10.1 Å². The van der Waals surface area contributed by atoms with Crippen LogP contribution in [0.15, 0.2) is 54.9 Å². The molecule has 0 bridgehead atoms. The van der Waals surface area contributed by atoms with Crippen LogP contribution in [0.2, 0.25) is 0 Å². The summed E-state index contributed by atoms with van der Waals surface area (Å²) >= 11 is 0. The summed E-state index contributed by atoms with van der Waals surface area (Å²) in [5.41, 5.74) is 2.75. The summed E-state index contributed by atoms with van der Waals surface area (Å²) in [5.74, 6) is 0.258. The molecule has 0 aliphatic carbocycles. The summed E-state index contributed by atoms with van der Waals surface area (Å²) < 4.78 is 5.67. The van der Waals surface area contributed by atoms with E-state index in [1.165, 1.54) is 0 Å². The zero-order valence-electron chi connectivity index (χ0n) is 13.4. The van der Waals surface area contributed by atoms with Crippen molar-refractivity contribution < 1.29 is 9.53 Å². The van der Waals surface area contributed by atoms with Gasteiger partial charge in [-0.05, 0) is 50.2 Å². The monoisotopic (exact) mass is 320 g/mol. The smallest absolute Gasteiger partial charge is 0.322 e. The molecule has 0 unspecified atom stereocenters. The third-order valence-corrected chi connectivity index (χ3v) is 3.19. The van der Waals surface area contributed by atoms with Crippen LogP contribution in [0.3, 0.4) is 0 Å². The van der Waals surface area contributed by atoms with Gasteiger partial charge < -0.3 is 10.1 Å². The minimum absolute atomic E-state index is 0.241. The van der Waals surface area contributed by atoms with Crippen molar-refractivity contribution >= 4 is 11.6 Å². The molecular weight excluding hydrogens is 304 g/mol. The summed E-state index contributed by atoms with van der Waals surface area (Å²) in [6.45, 7) is 3.75. The molecule has 0 saturated carbocycles. The second-order valence-corrected chi connectivity index (χ2v) is 5.26. The molecule has 0 aliphatic rings. The molecule has 1 amide bonds. The van der Waals surface area contributed by atoms with E-state index >= 15 is 0 Å². The number of benzene rings is 1. The Labute approximate surface area is 139 Å². The number of anilines is 1. The van der Waals surface area contributed by atoms with E-state index in [9.17, 15) is 4.79 Å². The van der Waals surface area contributed by atoms with Gasteiger partial charge in [0.15, 0.2) is 0 Å². The molecule has 1 aromatic carbocycles. The van der Waals surface area contributed by atoms with Gasteiger partial charge in [0, 0.05) is 23.1 Å². The maximum absolute atomic E-state index is 12.3. The van der Waals surface area contributed by atoms with Crippen molar-refractivity contribution in [1.29, 1.82) is 0 Å².